The van der Waals surface area contributed by atoms with E-state index in [1.54, 1.807) is 11.0 Å². The maximum absolute atomic E-state index is 13.1. The molecule has 1 aliphatic carbocycles. The van der Waals surface area contributed by atoms with Crippen LogP contribution in [-0.4, -0.2) is 33.7 Å². The van der Waals surface area contributed by atoms with Crippen molar-refractivity contribution in [2.75, 3.05) is 6.61 Å². The van der Waals surface area contributed by atoms with E-state index in [1.807, 2.05) is 42.5 Å². The number of carbonyl (C=O) groups is 1. The molecule has 1 aliphatic rings. The van der Waals surface area contributed by atoms with E-state index < -0.39 is 0 Å². The monoisotopic (exact) mass is 425 g/mol. The van der Waals surface area contributed by atoms with Gasteiger partial charge in [0.1, 0.15) is 5.75 Å². The molecule has 0 aliphatic heterocycles. The van der Waals surface area contributed by atoms with Gasteiger partial charge in [0.15, 0.2) is 0 Å². The van der Waals surface area contributed by atoms with Crippen LogP contribution in [0.3, 0.4) is 0 Å². The van der Waals surface area contributed by atoms with Gasteiger partial charge in [-0.05, 0) is 55.7 Å². The zero-order chi connectivity index (χ0) is 20.9. The van der Waals surface area contributed by atoms with Crippen molar-refractivity contribution < 1.29 is 13.9 Å². The third-order valence-corrected chi connectivity index (χ3v) is 5.32. The molecule has 1 aromatic heterocycles. The SMILES string of the molecule is CCCCOc1ccc(C(=O)N(Cc2nnc(-c3ccccc3Cl)o2)C2CC2)cc1. The van der Waals surface area contributed by atoms with Crippen molar-refractivity contribution in [1.82, 2.24) is 15.1 Å². The highest BCUT2D eigenvalue weighted by atomic mass is 35.5. The fraction of sp³-hybridized carbons (Fsp3) is 0.348. The van der Waals surface area contributed by atoms with Gasteiger partial charge in [-0.1, -0.05) is 37.1 Å². The second-order valence-electron chi connectivity index (χ2n) is 7.37. The van der Waals surface area contributed by atoms with Gasteiger partial charge in [0.05, 0.1) is 23.7 Å². The number of rotatable bonds is 9. The molecule has 0 unspecified atom stereocenters. The van der Waals surface area contributed by atoms with Gasteiger partial charge >= 0.3 is 0 Å². The van der Waals surface area contributed by atoms with Crippen molar-refractivity contribution >= 4 is 17.5 Å². The van der Waals surface area contributed by atoms with Gasteiger partial charge in [-0.3, -0.25) is 4.79 Å². The van der Waals surface area contributed by atoms with Gasteiger partial charge in [-0.25, -0.2) is 0 Å². The Labute approximate surface area is 180 Å². The van der Waals surface area contributed by atoms with Gasteiger partial charge in [0, 0.05) is 11.6 Å². The van der Waals surface area contributed by atoms with Crippen molar-refractivity contribution in [3.05, 3.63) is 65.0 Å². The summed E-state index contributed by atoms with van der Waals surface area (Å²) in [5.74, 6) is 1.48. The van der Waals surface area contributed by atoms with Crippen LogP contribution in [-0.2, 0) is 6.54 Å². The van der Waals surface area contributed by atoms with Crippen molar-refractivity contribution in [3.63, 3.8) is 0 Å². The first-order chi connectivity index (χ1) is 14.7. The first-order valence-corrected chi connectivity index (χ1v) is 10.6. The summed E-state index contributed by atoms with van der Waals surface area (Å²) in [5, 5.41) is 8.78. The van der Waals surface area contributed by atoms with Crippen LogP contribution < -0.4 is 4.74 Å². The summed E-state index contributed by atoms with van der Waals surface area (Å²) in [6.07, 6.45) is 4.06. The van der Waals surface area contributed by atoms with Crippen LogP contribution in [0, 0.1) is 0 Å². The first-order valence-electron chi connectivity index (χ1n) is 10.3. The Morgan fingerprint density at radius 2 is 1.93 bits per heavy atom. The second-order valence-corrected chi connectivity index (χ2v) is 7.78. The summed E-state index contributed by atoms with van der Waals surface area (Å²) in [6, 6.07) is 14.8. The molecule has 1 heterocycles. The van der Waals surface area contributed by atoms with Crippen LogP contribution in [0.25, 0.3) is 11.5 Å². The largest absolute Gasteiger partial charge is 0.494 e. The number of carbonyl (C=O) groups excluding carboxylic acids is 1. The van der Waals surface area contributed by atoms with Crippen molar-refractivity contribution in [1.29, 1.82) is 0 Å². The topological polar surface area (TPSA) is 68.5 Å². The molecule has 3 aromatic rings. The summed E-state index contributed by atoms with van der Waals surface area (Å²) in [5.41, 5.74) is 1.30. The number of unbranched alkanes of at least 4 members (excludes halogenated alkanes) is 1. The second kappa shape index (κ2) is 9.30. The summed E-state index contributed by atoms with van der Waals surface area (Å²) < 4.78 is 11.5. The van der Waals surface area contributed by atoms with Crippen LogP contribution >= 0.6 is 11.6 Å². The minimum absolute atomic E-state index is 0.0462. The highest BCUT2D eigenvalue weighted by molar-refractivity contribution is 6.33. The number of benzene rings is 2. The number of aromatic nitrogens is 2. The quantitative estimate of drug-likeness (QED) is 0.431. The number of halogens is 1. The Morgan fingerprint density at radius 1 is 1.17 bits per heavy atom. The van der Waals surface area contributed by atoms with E-state index in [2.05, 4.69) is 17.1 Å². The molecule has 30 heavy (non-hydrogen) atoms. The Hall–Kier alpha value is -2.86. The van der Waals surface area contributed by atoms with Gasteiger partial charge in [-0.15, -0.1) is 10.2 Å². The van der Waals surface area contributed by atoms with E-state index >= 15 is 0 Å². The Kier molecular flexibility index (Phi) is 6.33. The van der Waals surface area contributed by atoms with Gasteiger partial charge < -0.3 is 14.1 Å². The average molecular weight is 426 g/mol. The van der Waals surface area contributed by atoms with E-state index in [0.717, 1.165) is 31.4 Å². The van der Waals surface area contributed by atoms with Gasteiger partial charge in [0.25, 0.3) is 5.91 Å². The highest BCUT2D eigenvalue weighted by Gasteiger charge is 2.34. The smallest absolute Gasteiger partial charge is 0.254 e. The maximum atomic E-state index is 13.1. The Bertz CT molecular complexity index is 999. The van der Waals surface area contributed by atoms with Gasteiger partial charge in [-0.2, -0.15) is 0 Å². The van der Waals surface area contributed by atoms with E-state index in [9.17, 15) is 4.79 Å². The number of hydrogen-bond acceptors (Lipinski definition) is 5. The molecule has 4 rings (SSSR count). The number of hydrogen-bond donors (Lipinski definition) is 0. The third-order valence-electron chi connectivity index (χ3n) is 4.99. The summed E-state index contributed by atoms with van der Waals surface area (Å²) in [6.45, 7) is 3.08. The molecule has 1 saturated carbocycles. The molecule has 1 fully saturated rings. The van der Waals surface area contributed by atoms with Crippen LogP contribution in [0.4, 0.5) is 0 Å². The van der Waals surface area contributed by atoms with E-state index in [1.165, 1.54) is 0 Å². The molecule has 0 spiro atoms. The summed E-state index contributed by atoms with van der Waals surface area (Å²) >= 11 is 6.21. The molecular weight excluding hydrogens is 402 g/mol. The van der Waals surface area contributed by atoms with E-state index in [-0.39, 0.29) is 18.5 Å². The van der Waals surface area contributed by atoms with Gasteiger partial charge in [0.2, 0.25) is 11.8 Å². The molecule has 0 N–H and O–H groups in total. The minimum Gasteiger partial charge on any atom is -0.494 e. The molecule has 0 atom stereocenters. The number of amides is 1. The Morgan fingerprint density at radius 3 is 2.63 bits per heavy atom. The normalized spacial score (nSPS) is 13.3. The predicted molar refractivity (Wildman–Crippen MR) is 114 cm³/mol. The third kappa shape index (κ3) is 4.82. The molecular formula is C23H24ClN3O3. The predicted octanol–water partition coefficient (Wildman–Crippen LogP) is 5.37. The zero-order valence-corrected chi connectivity index (χ0v) is 17.6. The average Bonchev–Trinajstić information content (AvgIpc) is 3.50. The molecule has 6 nitrogen and oxygen atoms in total. The highest BCUT2D eigenvalue weighted by Crippen LogP contribution is 2.31. The lowest BCUT2D eigenvalue weighted by Crippen LogP contribution is -2.32. The molecule has 2 aromatic carbocycles. The van der Waals surface area contributed by atoms with Crippen LogP contribution in [0.1, 0.15) is 48.9 Å². The Balaban J connectivity index is 1.46. The lowest BCUT2D eigenvalue weighted by Gasteiger charge is -2.20. The van der Waals surface area contributed by atoms with E-state index in [4.69, 9.17) is 20.8 Å². The molecule has 7 heteroatoms. The van der Waals surface area contributed by atoms with Crippen molar-refractivity contribution in [2.24, 2.45) is 0 Å². The molecule has 156 valence electrons. The lowest BCUT2D eigenvalue weighted by atomic mass is 10.2. The van der Waals surface area contributed by atoms with Crippen LogP contribution in [0.2, 0.25) is 5.02 Å². The summed E-state index contributed by atoms with van der Waals surface area (Å²) in [7, 11) is 0. The van der Waals surface area contributed by atoms with Crippen molar-refractivity contribution in [3.8, 4) is 17.2 Å². The standard InChI is InChI=1S/C23H24ClN3O3/c1-2-3-14-29-18-12-8-16(9-13-18)23(28)27(17-10-11-17)15-21-25-26-22(30-21)19-6-4-5-7-20(19)24/h4-9,12-13,17H,2-3,10-11,14-15H2,1H3. The zero-order valence-electron chi connectivity index (χ0n) is 16.9. The van der Waals surface area contributed by atoms with Crippen molar-refractivity contribution in [2.45, 2.75) is 45.2 Å². The van der Waals surface area contributed by atoms with Crippen LogP contribution in [0.5, 0.6) is 5.75 Å². The van der Waals surface area contributed by atoms with E-state index in [0.29, 0.717) is 34.5 Å². The number of nitrogens with zero attached hydrogens (tertiary/aromatic N) is 3. The molecule has 0 bridgehead atoms. The number of ether oxygens (including phenoxy) is 1. The lowest BCUT2D eigenvalue weighted by molar-refractivity contribution is 0.0714. The molecule has 0 saturated heterocycles. The first kappa shape index (κ1) is 20.4. The maximum Gasteiger partial charge on any atom is 0.254 e. The fourth-order valence-corrected chi connectivity index (χ4v) is 3.37. The molecule has 1 amide bonds. The fourth-order valence-electron chi connectivity index (χ4n) is 3.15. The minimum atomic E-state index is -0.0462. The summed E-state index contributed by atoms with van der Waals surface area (Å²) in [4.78, 5) is 14.9. The molecule has 0 radical (unpaired) electrons. The van der Waals surface area contributed by atoms with Crippen LogP contribution in [0.15, 0.2) is 52.9 Å².